The van der Waals surface area contributed by atoms with E-state index in [0.717, 1.165) is 36.1 Å². The minimum atomic E-state index is -3.25. The minimum absolute atomic E-state index is 0.0522. The molecule has 1 saturated heterocycles. The molecule has 1 spiro atoms. The SMILES string of the molecule is CC(c1ccc(S(C)(=O)=O)cc1)N(C)CCC(=O)NN1C(=O)NC2(CCCCC2)C1=O. The van der Waals surface area contributed by atoms with E-state index in [2.05, 4.69) is 10.7 Å². The van der Waals surface area contributed by atoms with Gasteiger partial charge in [0.2, 0.25) is 5.91 Å². The lowest BCUT2D eigenvalue weighted by Gasteiger charge is -2.30. The van der Waals surface area contributed by atoms with E-state index in [1.165, 1.54) is 0 Å². The summed E-state index contributed by atoms with van der Waals surface area (Å²) < 4.78 is 23.2. The molecule has 31 heavy (non-hydrogen) atoms. The molecule has 0 aromatic heterocycles. The third-order valence-electron chi connectivity index (χ3n) is 6.25. The molecular formula is C21H30N4O5S. The van der Waals surface area contributed by atoms with Crippen molar-refractivity contribution in [2.75, 3.05) is 19.8 Å². The van der Waals surface area contributed by atoms with Gasteiger partial charge in [0.1, 0.15) is 5.54 Å². The number of amides is 4. The van der Waals surface area contributed by atoms with Crippen molar-refractivity contribution < 1.29 is 22.8 Å². The molecule has 9 nitrogen and oxygen atoms in total. The third kappa shape index (κ3) is 5.07. The maximum atomic E-state index is 12.7. The Kier molecular flexibility index (Phi) is 6.70. The van der Waals surface area contributed by atoms with Gasteiger partial charge in [-0.05, 0) is 44.5 Å². The fraction of sp³-hybridized carbons (Fsp3) is 0.571. The second-order valence-electron chi connectivity index (χ2n) is 8.50. The molecule has 1 aromatic rings. The Bertz CT molecular complexity index is 954. The molecule has 0 radical (unpaired) electrons. The predicted molar refractivity (Wildman–Crippen MR) is 115 cm³/mol. The first-order chi connectivity index (χ1) is 14.5. The summed E-state index contributed by atoms with van der Waals surface area (Å²) in [4.78, 5) is 39.6. The second-order valence-corrected chi connectivity index (χ2v) is 10.5. The zero-order chi connectivity index (χ0) is 22.8. The van der Waals surface area contributed by atoms with Crippen molar-refractivity contribution in [3.63, 3.8) is 0 Å². The average molecular weight is 451 g/mol. The zero-order valence-corrected chi connectivity index (χ0v) is 19.0. The number of hydrogen-bond donors (Lipinski definition) is 2. The molecular weight excluding hydrogens is 420 g/mol. The molecule has 0 bridgehead atoms. The van der Waals surface area contributed by atoms with Crippen LogP contribution in [0, 0.1) is 0 Å². The Morgan fingerprint density at radius 2 is 1.81 bits per heavy atom. The quantitative estimate of drug-likeness (QED) is 0.612. The number of sulfone groups is 1. The fourth-order valence-corrected chi connectivity index (χ4v) is 4.75. The van der Waals surface area contributed by atoms with Gasteiger partial charge in [0, 0.05) is 25.3 Å². The molecule has 1 unspecified atom stereocenters. The van der Waals surface area contributed by atoms with Crippen molar-refractivity contribution >= 4 is 27.7 Å². The molecule has 2 N–H and O–H groups in total. The molecule has 1 heterocycles. The summed E-state index contributed by atoms with van der Waals surface area (Å²) in [7, 11) is -1.40. The summed E-state index contributed by atoms with van der Waals surface area (Å²) in [6.45, 7) is 2.35. The average Bonchev–Trinajstić information content (AvgIpc) is 2.95. The first-order valence-corrected chi connectivity index (χ1v) is 12.4. The number of nitrogens with zero attached hydrogens (tertiary/aromatic N) is 2. The van der Waals surface area contributed by atoms with Gasteiger partial charge >= 0.3 is 6.03 Å². The van der Waals surface area contributed by atoms with E-state index in [-0.39, 0.29) is 23.3 Å². The van der Waals surface area contributed by atoms with Gasteiger partial charge in [0.05, 0.1) is 4.90 Å². The Hall–Kier alpha value is -2.46. The molecule has 1 aliphatic heterocycles. The van der Waals surface area contributed by atoms with Crippen LogP contribution >= 0.6 is 0 Å². The van der Waals surface area contributed by atoms with Gasteiger partial charge < -0.3 is 5.32 Å². The molecule has 2 fully saturated rings. The summed E-state index contributed by atoms with van der Waals surface area (Å²) in [6, 6.07) is 6.03. The normalized spacial score (nSPS) is 19.5. The number of rotatable bonds is 7. The minimum Gasteiger partial charge on any atom is -0.322 e. The number of carbonyl (C=O) groups excluding carboxylic acids is 3. The number of hydrogen-bond acceptors (Lipinski definition) is 6. The fourth-order valence-electron chi connectivity index (χ4n) is 4.12. The molecule has 1 aliphatic carbocycles. The van der Waals surface area contributed by atoms with Crippen molar-refractivity contribution in [3.8, 4) is 0 Å². The maximum absolute atomic E-state index is 12.7. The van der Waals surface area contributed by atoms with Gasteiger partial charge in [-0.2, -0.15) is 5.01 Å². The number of urea groups is 1. The Labute approximate surface area is 183 Å². The molecule has 2 aliphatic rings. The first kappa shape index (κ1) is 23.2. The van der Waals surface area contributed by atoms with Gasteiger partial charge in [-0.1, -0.05) is 31.4 Å². The second kappa shape index (κ2) is 8.96. The van der Waals surface area contributed by atoms with Crippen molar-refractivity contribution in [2.24, 2.45) is 0 Å². The highest BCUT2D eigenvalue weighted by molar-refractivity contribution is 7.90. The van der Waals surface area contributed by atoms with Gasteiger partial charge in [0.15, 0.2) is 9.84 Å². The highest BCUT2D eigenvalue weighted by Crippen LogP contribution is 2.33. The lowest BCUT2D eigenvalue weighted by molar-refractivity contribution is -0.140. The van der Waals surface area contributed by atoms with Crippen LogP contribution in [0.1, 0.15) is 57.1 Å². The van der Waals surface area contributed by atoms with Crippen molar-refractivity contribution in [1.29, 1.82) is 0 Å². The van der Waals surface area contributed by atoms with E-state index in [0.29, 0.717) is 19.4 Å². The lowest BCUT2D eigenvalue weighted by Crippen LogP contribution is -2.51. The van der Waals surface area contributed by atoms with Crippen LogP contribution in [0.3, 0.4) is 0 Å². The van der Waals surface area contributed by atoms with Crippen LogP contribution in [0.15, 0.2) is 29.2 Å². The number of benzene rings is 1. The van der Waals surface area contributed by atoms with Crippen LogP contribution in [-0.2, 0) is 19.4 Å². The molecule has 4 amide bonds. The summed E-state index contributed by atoms with van der Waals surface area (Å²) in [5.74, 6) is -0.791. The molecule has 3 rings (SSSR count). The number of hydrazine groups is 1. The van der Waals surface area contributed by atoms with E-state index in [9.17, 15) is 22.8 Å². The van der Waals surface area contributed by atoms with Crippen molar-refractivity contribution in [2.45, 2.75) is 61.9 Å². The topological polar surface area (TPSA) is 116 Å². The highest BCUT2D eigenvalue weighted by Gasteiger charge is 2.52. The summed E-state index contributed by atoms with van der Waals surface area (Å²) in [5, 5.41) is 3.58. The lowest BCUT2D eigenvalue weighted by atomic mass is 9.82. The summed E-state index contributed by atoms with van der Waals surface area (Å²) in [6.07, 6.45) is 5.26. The molecule has 170 valence electrons. The number of carbonyl (C=O) groups is 3. The van der Waals surface area contributed by atoms with Crippen molar-refractivity contribution in [3.05, 3.63) is 29.8 Å². The smallest absolute Gasteiger partial charge is 0.322 e. The molecule has 1 atom stereocenters. The van der Waals surface area contributed by atoms with Crippen molar-refractivity contribution in [1.82, 2.24) is 20.7 Å². The molecule has 10 heteroatoms. The predicted octanol–water partition coefficient (Wildman–Crippen LogP) is 1.76. The Morgan fingerprint density at radius 3 is 2.39 bits per heavy atom. The van der Waals surface area contributed by atoms with E-state index in [4.69, 9.17) is 0 Å². The number of nitrogens with one attached hydrogen (secondary N) is 2. The third-order valence-corrected chi connectivity index (χ3v) is 7.38. The zero-order valence-electron chi connectivity index (χ0n) is 18.2. The Morgan fingerprint density at radius 1 is 1.19 bits per heavy atom. The van der Waals surface area contributed by atoms with E-state index < -0.39 is 27.3 Å². The standard InChI is InChI=1S/C21H30N4O5S/c1-15(16-7-9-17(10-8-16)31(3,29)30)24(2)14-11-18(26)23-25-19(27)21(22-20(25)28)12-5-4-6-13-21/h7-10,15H,4-6,11-14H2,1-3H3,(H,22,28)(H,23,26). The monoisotopic (exact) mass is 450 g/mol. The summed E-state index contributed by atoms with van der Waals surface area (Å²) >= 11 is 0. The largest absolute Gasteiger partial charge is 0.344 e. The summed E-state index contributed by atoms with van der Waals surface area (Å²) in [5.41, 5.74) is 2.50. The first-order valence-electron chi connectivity index (χ1n) is 10.5. The van der Waals surface area contributed by atoms with Crippen LogP contribution in [0.2, 0.25) is 0 Å². The molecule has 1 aromatic carbocycles. The van der Waals surface area contributed by atoms with Gasteiger partial charge in [0.25, 0.3) is 5.91 Å². The number of imide groups is 1. The van der Waals surface area contributed by atoms with Gasteiger partial charge in [-0.15, -0.1) is 0 Å². The maximum Gasteiger partial charge on any atom is 0.344 e. The van der Waals surface area contributed by atoms with Gasteiger partial charge in [-0.3, -0.25) is 19.9 Å². The van der Waals surface area contributed by atoms with Crippen LogP contribution in [0.5, 0.6) is 0 Å². The van der Waals surface area contributed by atoms with Crippen LogP contribution in [-0.4, -0.2) is 61.6 Å². The van der Waals surface area contributed by atoms with E-state index in [1.54, 1.807) is 24.3 Å². The van der Waals surface area contributed by atoms with Crippen LogP contribution < -0.4 is 10.7 Å². The highest BCUT2D eigenvalue weighted by atomic mass is 32.2. The van der Waals surface area contributed by atoms with E-state index >= 15 is 0 Å². The van der Waals surface area contributed by atoms with E-state index in [1.807, 2.05) is 18.9 Å². The van der Waals surface area contributed by atoms with Gasteiger partial charge in [-0.25, -0.2) is 13.2 Å². The molecule has 1 saturated carbocycles. The Balaban J connectivity index is 1.53. The van der Waals surface area contributed by atoms with Crippen LogP contribution in [0.4, 0.5) is 4.79 Å². The van der Waals surface area contributed by atoms with Crippen LogP contribution in [0.25, 0.3) is 0 Å².